The predicted molar refractivity (Wildman–Crippen MR) is 115 cm³/mol. The Morgan fingerprint density at radius 3 is 2.24 bits per heavy atom. The fourth-order valence-electron chi connectivity index (χ4n) is 3.99. The average molecular weight is 465 g/mol. The van der Waals surface area contributed by atoms with Crippen molar-refractivity contribution in [2.75, 3.05) is 19.0 Å². The van der Waals surface area contributed by atoms with Gasteiger partial charge in [0.05, 0.1) is 19.2 Å². The molecule has 33 heavy (non-hydrogen) atoms. The summed E-state index contributed by atoms with van der Waals surface area (Å²) in [5, 5.41) is 2.57. The molecule has 2 aromatic rings. The maximum atomic E-state index is 13.2. The summed E-state index contributed by atoms with van der Waals surface area (Å²) in [5.74, 6) is -0.868. The number of nitrogens with zero attached hydrogens (tertiary/aromatic N) is 2. The lowest BCUT2D eigenvalue weighted by molar-refractivity contribution is -0.137. The molecule has 0 saturated heterocycles. The fraction of sp³-hybridized carbons (Fsp3) is 0.435. The minimum atomic E-state index is -4.47. The molecule has 0 unspecified atom stereocenters. The van der Waals surface area contributed by atoms with Crippen molar-refractivity contribution in [1.29, 1.82) is 0 Å². The molecule has 1 aromatic heterocycles. The number of esters is 1. The number of anilines is 1. The number of methoxy groups -OCH3 is 1. The Balaban J connectivity index is 1.81. The molecule has 1 saturated carbocycles. The van der Waals surface area contributed by atoms with E-state index >= 15 is 0 Å². The van der Waals surface area contributed by atoms with Crippen LogP contribution in [0.1, 0.15) is 57.4 Å². The largest absolute Gasteiger partial charge is 0.464 e. The number of halogens is 3. The second kappa shape index (κ2) is 9.29. The molecule has 0 radical (unpaired) electrons. The van der Waals surface area contributed by atoms with Gasteiger partial charge in [0.2, 0.25) is 0 Å². The normalized spacial score (nSPS) is 13.5. The SMILES string of the molecule is CCn1c(C)c(C(=O)CN(C(=O)Nc2ccc(C(F)(F)F)cc2)C2CC2)c(C)c1C(=O)OC. The van der Waals surface area contributed by atoms with Crippen LogP contribution in [0.15, 0.2) is 24.3 Å². The van der Waals surface area contributed by atoms with Crippen LogP contribution in [0.4, 0.5) is 23.7 Å². The topological polar surface area (TPSA) is 80.6 Å². The monoisotopic (exact) mass is 465 g/mol. The number of nitrogens with one attached hydrogen (secondary N) is 1. The van der Waals surface area contributed by atoms with Gasteiger partial charge in [-0.2, -0.15) is 13.2 Å². The van der Waals surface area contributed by atoms with Gasteiger partial charge in [-0.25, -0.2) is 9.59 Å². The molecule has 2 amide bonds. The summed E-state index contributed by atoms with van der Waals surface area (Å²) in [4.78, 5) is 39.7. The van der Waals surface area contributed by atoms with Crippen LogP contribution in [0.2, 0.25) is 0 Å². The van der Waals surface area contributed by atoms with E-state index in [1.54, 1.807) is 18.4 Å². The van der Waals surface area contributed by atoms with Crippen LogP contribution >= 0.6 is 0 Å². The van der Waals surface area contributed by atoms with Crippen LogP contribution in [0, 0.1) is 13.8 Å². The lowest BCUT2D eigenvalue weighted by Crippen LogP contribution is -2.40. The molecule has 0 atom stereocenters. The van der Waals surface area contributed by atoms with Crippen molar-refractivity contribution in [2.45, 2.75) is 52.4 Å². The summed E-state index contributed by atoms with van der Waals surface area (Å²) < 4.78 is 44.8. The van der Waals surface area contributed by atoms with Crippen molar-refractivity contribution in [1.82, 2.24) is 9.47 Å². The van der Waals surface area contributed by atoms with Crippen LogP contribution in [0.25, 0.3) is 0 Å². The Morgan fingerprint density at radius 1 is 1.15 bits per heavy atom. The standard InChI is InChI=1S/C23H26F3N3O4/c1-5-28-14(3)19(13(2)20(28)21(31)33-4)18(30)12-29(17-10-11-17)22(32)27-16-8-6-15(7-9-16)23(24,25)26/h6-9,17H,5,10-12H2,1-4H3,(H,27,32). The highest BCUT2D eigenvalue weighted by Gasteiger charge is 2.36. The van der Waals surface area contributed by atoms with E-state index in [-0.39, 0.29) is 24.1 Å². The number of benzene rings is 1. The summed E-state index contributed by atoms with van der Waals surface area (Å²) in [6, 6.07) is 3.42. The Bertz CT molecular complexity index is 1070. The van der Waals surface area contributed by atoms with Gasteiger partial charge in [0.25, 0.3) is 0 Å². The van der Waals surface area contributed by atoms with Gasteiger partial charge in [-0.05, 0) is 63.4 Å². The summed E-state index contributed by atoms with van der Waals surface area (Å²) in [6.07, 6.45) is -3.01. The molecule has 0 bridgehead atoms. The van der Waals surface area contributed by atoms with Crippen LogP contribution in [0.5, 0.6) is 0 Å². The van der Waals surface area contributed by atoms with E-state index in [4.69, 9.17) is 4.74 Å². The number of ketones is 1. The van der Waals surface area contributed by atoms with Crippen molar-refractivity contribution in [3.8, 4) is 0 Å². The minimum absolute atomic E-state index is 0.127. The average Bonchev–Trinajstić information content (AvgIpc) is 3.56. The third-order valence-corrected chi connectivity index (χ3v) is 5.77. The highest BCUT2D eigenvalue weighted by Crippen LogP contribution is 2.31. The number of carbonyl (C=O) groups is 3. The number of alkyl halides is 3. The van der Waals surface area contributed by atoms with E-state index in [1.165, 1.54) is 24.1 Å². The van der Waals surface area contributed by atoms with Crippen LogP contribution in [-0.4, -0.2) is 46.9 Å². The molecular weight excluding hydrogens is 439 g/mol. The lowest BCUT2D eigenvalue weighted by atomic mass is 10.1. The fourth-order valence-corrected chi connectivity index (χ4v) is 3.99. The number of ether oxygens (including phenoxy) is 1. The van der Waals surface area contributed by atoms with E-state index in [1.807, 2.05) is 6.92 Å². The Labute approximate surface area is 189 Å². The summed E-state index contributed by atoms with van der Waals surface area (Å²) in [6.45, 7) is 5.50. The molecular formula is C23H26F3N3O4. The molecule has 10 heteroatoms. The van der Waals surface area contributed by atoms with Crippen molar-refractivity contribution in [2.24, 2.45) is 0 Å². The summed E-state index contributed by atoms with van der Waals surface area (Å²) in [5.41, 5.74) is 1.15. The van der Waals surface area contributed by atoms with E-state index in [9.17, 15) is 27.6 Å². The molecule has 0 spiro atoms. The number of carbonyl (C=O) groups excluding carboxylic acids is 3. The number of rotatable bonds is 7. The van der Waals surface area contributed by atoms with Gasteiger partial charge in [-0.3, -0.25) is 4.79 Å². The van der Waals surface area contributed by atoms with Crippen molar-refractivity contribution in [3.05, 3.63) is 52.3 Å². The van der Waals surface area contributed by atoms with Crippen molar-refractivity contribution >= 4 is 23.5 Å². The molecule has 1 N–H and O–H groups in total. The minimum Gasteiger partial charge on any atom is -0.464 e. The Hall–Kier alpha value is -3.30. The van der Waals surface area contributed by atoms with Gasteiger partial charge in [0.1, 0.15) is 5.69 Å². The van der Waals surface area contributed by atoms with E-state index < -0.39 is 23.7 Å². The maximum Gasteiger partial charge on any atom is 0.416 e. The first kappa shape index (κ1) is 24.3. The molecule has 7 nitrogen and oxygen atoms in total. The predicted octanol–water partition coefficient (Wildman–Crippen LogP) is 4.81. The zero-order valence-corrected chi connectivity index (χ0v) is 18.9. The molecule has 178 valence electrons. The van der Waals surface area contributed by atoms with E-state index in [2.05, 4.69) is 5.32 Å². The molecule has 1 aliphatic rings. The molecule has 1 aromatic carbocycles. The number of hydrogen-bond donors (Lipinski definition) is 1. The molecule has 3 rings (SSSR count). The molecule has 0 aliphatic heterocycles. The van der Waals surface area contributed by atoms with Gasteiger partial charge < -0.3 is 19.5 Å². The Kier molecular flexibility index (Phi) is 6.85. The third kappa shape index (κ3) is 5.04. The molecule has 1 aliphatic carbocycles. The van der Waals surface area contributed by atoms with Crippen LogP contribution in [0.3, 0.4) is 0 Å². The van der Waals surface area contributed by atoms with Crippen LogP contribution < -0.4 is 5.32 Å². The number of aromatic nitrogens is 1. The van der Waals surface area contributed by atoms with E-state index in [0.717, 1.165) is 25.0 Å². The number of amides is 2. The highest BCUT2D eigenvalue weighted by atomic mass is 19.4. The highest BCUT2D eigenvalue weighted by molar-refractivity contribution is 6.05. The first-order chi connectivity index (χ1) is 15.5. The first-order valence-corrected chi connectivity index (χ1v) is 10.6. The molecule has 1 fully saturated rings. The van der Waals surface area contributed by atoms with Gasteiger partial charge in [-0.1, -0.05) is 0 Å². The number of hydrogen-bond acceptors (Lipinski definition) is 4. The quantitative estimate of drug-likeness (QED) is 0.470. The number of urea groups is 1. The summed E-state index contributed by atoms with van der Waals surface area (Å²) >= 11 is 0. The van der Waals surface area contributed by atoms with Crippen LogP contribution in [-0.2, 0) is 17.5 Å². The van der Waals surface area contributed by atoms with Gasteiger partial charge in [0, 0.05) is 29.5 Å². The second-order valence-corrected chi connectivity index (χ2v) is 7.96. The summed E-state index contributed by atoms with van der Waals surface area (Å²) in [7, 11) is 1.27. The third-order valence-electron chi connectivity index (χ3n) is 5.77. The zero-order chi connectivity index (χ0) is 24.5. The smallest absolute Gasteiger partial charge is 0.416 e. The Morgan fingerprint density at radius 2 is 1.76 bits per heavy atom. The van der Waals surface area contributed by atoms with Gasteiger partial charge >= 0.3 is 18.2 Å². The van der Waals surface area contributed by atoms with Crippen molar-refractivity contribution in [3.63, 3.8) is 0 Å². The first-order valence-electron chi connectivity index (χ1n) is 10.6. The zero-order valence-electron chi connectivity index (χ0n) is 18.9. The van der Waals surface area contributed by atoms with Gasteiger partial charge in [0.15, 0.2) is 5.78 Å². The number of Topliss-reactive ketones (excluding diaryl/α,β-unsaturated/α-hetero) is 1. The maximum absolute atomic E-state index is 13.2. The van der Waals surface area contributed by atoms with E-state index in [0.29, 0.717) is 29.1 Å². The second-order valence-electron chi connectivity index (χ2n) is 7.96. The van der Waals surface area contributed by atoms with Gasteiger partial charge in [-0.15, -0.1) is 0 Å². The lowest BCUT2D eigenvalue weighted by Gasteiger charge is -2.22. The van der Waals surface area contributed by atoms with Crippen molar-refractivity contribution < 1.29 is 32.3 Å². The molecule has 1 heterocycles.